The third-order valence-electron chi connectivity index (χ3n) is 3.68. The number of aromatic amines is 1. The molecule has 6 heteroatoms. The summed E-state index contributed by atoms with van der Waals surface area (Å²) < 4.78 is 12.3. The van der Waals surface area contributed by atoms with Crippen molar-refractivity contribution in [2.45, 2.75) is 26.8 Å². The van der Waals surface area contributed by atoms with E-state index in [4.69, 9.17) is 9.47 Å². The lowest BCUT2D eigenvalue weighted by molar-refractivity contribution is 0.286. The van der Waals surface area contributed by atoms with Gasteiger partial charge in [0.2, 0.25) is 0 Å². The lowest BCUT2D eigenvalue weighted by Gasteiger charge is -2.16. The van der Waals surface area contributed by atoms with Gasteiger partial charge in [-0.15, -0.1) is 0 Å². The Labute approximate surface area is 138 Å². The van der Waals surface area contributed by atoms with Gasteiger partial charge in [0.05, 0.1) is 23.4 Å². The predicted octanol–water partition coefficient (Wildman–Crippen LogP) is 3.28. The molecular weight excluding hydrogens is 346 g/mol. The number of hydrogen-bond acceptors (Lipinski definition) is 4. The second kappa shape index (κ2) is 6.71. The van der Waals surface area contributed by atoms with Crippen LogP contribution in [0.15, 0.2) is 16.6 Å². The van der Waals surface area contributed by atoms with Crippen molar-refractivity contribution in [3.05, 3.63) is 27.9 Å². The van der Waals surface area contributed by atoms with E-state index in [1.165, 1.54) is 11.3 Å². The van der Waals surface area contributed by atoms with Crippen LogP contribution in [0.25, 0.3) is 11.3 Å². The minimum atomic E-state index is 0.593. The van der Waals surface area contributed by atoms with E-state index in [0.717, 1.165) is 46.7 Å². The van der Waals surface area contributed by atoms with Gasteiger partial charge in [0.1, 0.15) is 0 Å². The van der Waals surface area contributed by atoms with Crippen LogP contribution in [0, 0.1) is 0 Å². The second-order valence-corrected chi connectivity index (χ2v) is 5.96. The number of aromatic nitrogens is 2. The number of H-pyrrole nitrogens is 1. The fourth-order valence-electron chi connectivity index (χ4n) is 2.72. The van der Waals surface area contributed by atoms with Crippen molar-refractivity contribution in [2.75, 3.05) is 19.8 Å². The van der Waals surface area contributed by atoms with Gasteiger partial charge >= 0.3 is 0 Å². The van der Waals surface area contributed by atoms with Crippen LogP contribution in [-0.4, -0.2) is 30.0 Å². The minimum Gasteiger partial charge on any atom is -0.490 e. The quantitative estimate of drug-likeness (QED) is 0.853. The Kier molecular flexibility index (Phi) is 4.69. The summed E-state index contributed by atoms with van der Waals surface area (Å²) >= 11 is 3.59. The Morgan fingerprint density at radius 1 is 1.23 bits per heavy atom. The number of fused-ring (bicyclic) bond motifs is 1. The van der Waals surface area contributed by atoms with Crippen molar-refractivity contribution in [2.24, 2.45) is 0 Å². The number of benzene rings is 1. The zero-order valence-corrected chi connectivity index (χ0v) is 14.4. The van der Waals surface area contributed by atoms with Gasteiger partial charge in [-0.2, -0.15) is 5.10 Å². The lowest BCUT2D eigenvalue weighted by Crippen LogP contribution is -2.23. The van der Waals surface area contributed by atoms with Gasteiger partial charge in [-0.25, -0.2) is 0 Å². The number of rotatable bonds is 5. The van der Waals surface area contributed by atoms with E-state index >= 15 is 0 Å². The third-order valence-corrected chi connectivity index (χ3v) is 4.27. The number of nitrogens with zero attached hydrogens (tertiary/aromatic N) is 1. The molecule has 2 heterocycles. The smallest absolute Gasteiger partial charge is 0.175 e. The molecule has 1 aromatic heterocycles. The molecule has 5 nitrogen and oxygen atoms in total. The second-order valence-electron chi connectivity index (χ2n) is 5.11. The number of halogens is 1. The molecule has 1 aromatic carbocycles. The molecule has 2 N–H and O–H groups in total. The molecule has 1 aliphatic rings. The Hall–Kier alpha value is -1.53. The lowest BCUT2D eigenvalue weighted by atomic mass is 10.0. The first kappa shape index (κ1) is 15.4. The number of hydrogen-bond donors (Lipinski definition) is 2. The normalized spacial score (nSPS) is 13.8. The van der Waals surface area contributed by atoms with Crippen LogP contribution >= 0.6 is 15.9 Å². The van der Waals surface area contributed by atoms with Gasteiger partial charge in [0.15, 0.2) is 11.5 Å². The van der Waals surface area contributed by atoms with Crippen molar-refractivity contribution in [1.82, 2.24) is 15.5 Å². The van der Waals surface area contributed by atoms with Crippen LogP contribution in [0.2, 0.25) is 0 Å². The summed E-state index contributed by atoms with van der Waals surface area (Å²) in [7, 11) is 0. The Morgan fingerprint density at radius 3 is 2.82 bits per heavy atom. The van der Waals surface area contributed by atoms with E-state index in [0.29, 0.717) is 13.2 Å². The summed E-state index contributed by atoms with van der Waals surface area (Å²) in [5.41, 5.74) is 4.47. The summed E-state index contributed by atoms with van der Waals surface area (Å²) in [5.74, 6) is 1.49. The average Bonchev–Trinajstić information content (AvgIpc) is 2.95. The standard InChI is InChI=1S/C16H20BrN3O2/c1-3-21-14-8-10(7-12(17)16(14)22-4-2)15-11-9-18-6-5-13(11)19-20-15/h7-8,18H,3-6,9H2,1-2H3,(H,19,20). The molecule has 0 saturated heterocycles. The summed E-state index contributed by atoms with van der Waals surface area (Å²) in [5, 5.41) is 11.1. The van der Waals surface area contributed by atoms with Crippen molar-refractivity contribution >= 4 is 15.9 Å². The molecule has 0 spiro atoms. The average molecular weight is 366 g/mol. The van der Waals surface area contributed by atoms with Crippen molar-refractivity contribution in [3.8, 4) is 22.8 Å². The van der Waals surface area contributed by atoms with Gasteiger partial charge in [0.25, 0.3) is 0 Å². The minimum absolute atomic E-state index is 0.593. The summed E-state index contributed by atoms with van der Waals surface area (Å²) in [6, 6.07) is 4.04. The van der Waals surface area contributed by atoms with Gasteiger partial charge in [0, 0.05) is 36.3 Å². The van der Waals surface area contributed by atoms with E-state index in [2.05, 4.69) is 31.4 Å². The Bertz CT molecular complexity index is 670. The first-order valence-corrected chi connectivity index (χ1v) is 8.40. The highest BCUT2D eigenvalue weighted by Crippen LogP contribution is 2.40. The molecule has 1 aliphatic heterocycles. The third kappa shape index (κ3) is 2.85. The molecule has 2 aromatic rings. The molecule has 22 heavy (non-hydrogen) atoms. The van der Waals surface area contributed by atoms with Gasteiger partial charge in [-0.3, -0.25) is 5.10 Å². The summed E-state index contributed by atoms with van der Waals surface area (Å²) in [4.78, 5) is 0. The Balaban J connectivity index is 2.06. The van der Waals surface area contributed by atoms with Crippen molar-refractivity contribution in [1.29, 1.82) is 0 Å². The maximum Gasteiger partial charge on any atom is 0.175 e. The molecule has 0 radical (unpaired) electrons. The largest absolute Gasteiger partial charge is 0.490 e. The van der Waals surface area contributed by atoms with E-state index in [1.807, 2.05) is 26.0 Å². The molecule has 118 valence electrons. The molecule has 0 aliphatic carbocycles. The van der Waals surface area contributed by atoms with Crippen molar-refractivity contribution < 1.29 is 9.47 Å². The zero-order chi connectivity index (χ0) is 15.5. The van der Waals surface area contributed by atoms with Crippen LogP contribution < -0.4 is 14.8 Å². The van der Waals surface area contributed by atoms with Crippen molar-refractivity contribution in [3.63, 3.8) is 0 Å². The number of nitrogens with one attached hydrogen (secondary N) is 2. The van der Waals surface area contributed by atoms with E-state index in [1.54, 1.807) is 0 Å². The van der Waals surface area contributed by atoms with Gasteiger partial charge < -0.3 is 14.8 Å². The molecular formula is C16H20BrN3O2. The first-order chi connectivity index (χ1) is 10.7. The molecule has 3 rings (SSSR count). The Morgan fingerprint density at radius 2 is 2.05 bits per heavy atom. The van der Waals surface area contributed by atoms with Crippen LogP contribution in [0.1, 0.15) is 25.1 Å². The predicted molar refractivity (Wildman–Crippen MR) is 89.5 cm³/mol. The summed E-state index contributed by atoms with van der Waals surface area (Å²) in [6.45, 7) is 6.96. The summed E-state index contributed by atoms with van der Waals surface area (Å²) in [6.07, 6.45) is 0.985. The number of ether oxygens (including phenoxy) is 2. The molecule has 0 bridgehead atoms. The molecule has 0 unspecified atom stereocenters. The molecule has 0 amide bonds. The molecule has 0 fully saturated rings. The fraction of sp³-hybridized carbons (Fsp3) is 0.438. The first-order valence-electron chi connectivity index (χ1n) is 7.60. The van der Waals surface area contributed by atoms with Crippen LogP contribution in [-0.2, 0) is 13.0 Å². The van der Waals surface area contributed by atoms with Crippen LogP contribution in [0.5, 0.6) is 11.5 Å². The highest BCUT2D eigenvalue weighted by atomic mass is 79.9. The van der Waals surface area contributed by atoms with Crippen LogP contribution in [0.4, 0.5) is 0 Å². The van der Waals surface area contributed by atoms with E-state index in [9.17, 15) is 0 Å². The maximum atomic E-state index is 5.74. The monoisotopic (exact) mass is 365 g/mol. The fourth-order valence-corrected chi connectivity index (χ4v) is 3.27. The van der Waals surface area contributed by atoms with E-state index < -0.39 is 0 Å². The van der Waals surface area contributed by atoms with Crippen LogP contribution in [0.3, 0.4) is 0 Å². The van der Waals surface area contributed by atoms with E-state index in [-0.39, 0.29) is 0 Å². The SMILES string of the molecule is CCOc1cc(-c2n[nH]c3c2CNCC3)cc(Br)c1OCC. The molecule has 0 saturated carbocycles. The maximum absolute atomic E-state index is 5.74. The topological polar surface area (TPSA) is 59.2 Å². The highest BCUT2D eigenvalue weighted by Gasteiger charge is 2.20. The zero-order valence-electron chi connectivity index (χ0n) is 12.8. The highest BCUT2D eigenvalue weighted by molar-refractivity contribution is 9.10. The van der Waals surface area contributed by atoms with Gasteiger partial charge in [-0.1, -0.05) is 0 Å². The van der Waals surface area contributed by atoms with Gasteiger partial charge in [-0.05, 0) is 41.9 Å². The molecule has 0 atom stereocenters.